The van der Waals surface area contributed by atoms with E-state index in [1.54, 1.807) is 0 Å². The maximum Gasteiger partial charge on any atom is 0.101 e. The fraction of sp³-hybridized carbons (Fsp3) is 0.953. The fourth-order valence-electron chi connectivity index (χ4n) is 7.42. The number of rotatable bonds is 37. The molecule has 268 valence electrons. The van der Waals surface area contributed by atoms with Crippen molar-refractivity contribution in [3.05, 3.63) is 12.4 Å². The van der Waals surface area contributed by atoms with Crippen LogP contribution in [0, 0.1) is 0 Å². The maximum atomic E-state index is 2.70. The molecule has 0 saturated heterocycles. The average molecular weight is 631 g/mol. The van der Waals surface area contributed by atoms with Crippen LogP contribution in [0.5, 0.6) is 0 Å². The zero-order valence-electron chi connectivity index (χ0n) is 31.8. The molecule has 0 aromatic heterocycles. The Kier molecular flexibility index (Phi) is 32.6. The van der Waals surface area contributed by atoms with Gasteiger partial charge in [0.2, 0.25) is 0 Å². The van der Waals surface area contributed by atoms with Gasteiger partial charge in [-0.3, -0.25) is 0 Å². The van der Waals surface area contributed by atoms with Gasteiger partial charge in [0, 0.05) is 25.5 Å². The Labute approximate surface area is 286 Å². The van der Waals surface area contributed by atoms with Gasteiger partial charge < -0.3 is 9.80 Å². The second-order valence-corrected chi connectivity index (χ2v) is 15.0. The van der Waals surface area contributed by atoms with E-state index in [0.29, 0.717) is 6.17 Å². The zero-order valence-corrected chi connectivity index (χ0v) is 31.8. The summed E-state index contributed by atoms with van der Waals surface area (Å²) in [5.74, 6) is 0. The highest BCUT2D eigenvalue weighted by Gasteiger charge is 2.24. The molecule has 2 heteroatoms. The molecule has 0 amide bonds. The monoisotopic (exact) mass is 631 g/mol. The molecular formula is C43H86N2. The third kappa shape index (κ3) is 27.0. The number of unbranched alkanes of at least 4 members (excludes halogenated alkanes) is 31. The highest BCUT2D eigenvalue weighted by Crippen LogP contribution is 2.24. The van der Waals surface area contributed by atoms with Crippen molar-refractivity contribution in [1.29, 1.82) is 0 Å². The summed E-state index contributed by atoms with van der Waals surface area (Å²) in [4.78, 5) is 5.40. The lowest BCUT2D eigenvalue weighted by atomic mass is 10.0. The van der Waals surface area contributed by atoms with Gasteiger partial charge in [-0.15, -0.1) is 0 Å². The van der Waals surface area contributed by atoms with Gasteiger partial charge in [-0.2, -0.15) is 0 Å². The van der Waals surface area contributed by atoms with Gasteiger partial charge in [-0.1, -0.05) is 220 Å². The van der Waals surface area contributed by atoms with E-state index in [9.17, 15) is 0 Å². The smallest absolute Gasteiger partial charge is 0.101 e. The minimum Gasteiger partial charge on any atom is -0.356 e. The lowest BCUT2D eigenvalue weighted by Gasteiger charge is -2.33. The SMILES string of the molecule is CCCCCCCCCCCCCCCCCCN1C=CN(CCCCCCCCCCCCCCCCC)C1CCCCC. The predicted molar refractivity (Wildman–Crippen MR) is 205 cm³/mol. The Morgan fingerprint density at radius 3 is 0.778 bits per heavy atom. The van der Waals surface area contributed by atoms with Gasteiger partial charge in [0.25, 0.3) is 0 Å². The maximum absolute atomic E-state index is 2.70. The van der Waals surface area contributed by atoms with E-state index in [0.717, 1.165) is 0 Å². The van der Waals surface area contributed by atoms with Gasteiger partial charge >= 0.3 is 0 Å². The van der Waals surface area contributed by atoms with E-state index in [-0.39, 0.29) is 0 Å². The summed E-state index contributed by atoms with van der Waals surface area (Å²) in [5.41, 5.74) is 0. The first kappa shape index (κ1) is 42.4. The molecule has 0 saturated carbocycles. The van der Waals surface area contributed by atoms with Crippen molar-refractivity contribution in [3.8, 4) is 0 Å². The van der Waals surface area contributed by atoms with Crippen molar-refractivity contribution in [2.45, 2.75) is 252 Å². The molecule has 0 spiro atoms. The van der Waals surface area contributed by atoms with Crippen molar-refractivity contribution in [3.63, 3.8) is 0 Å². The number of hydrogen-bond acceptors (Lipinski definition) is 2. The van der Waals surface area contributed by atoms with Crippen LogP contribution in [-0.4, -0.2) is 29.1 Å². The van der Waals surface area contributed by atoms with Crippen molar-refractivity contribution >= 4 is 0 Å². The molecule has 0 radical (unpaired) electrons. The van der Waals surface area contributed by atoms with Gasteiger partial charge in [0.1, 0.15) is 6.17 Å². The van der Waals surface area contributed by atoms with E-state index in [4.69, 9.17) is 0 Å². The summed E-state index contributed by atoms with van der Waals surface area (Å²) in [7, 11) is 0. The molecule has 1 rings (SSSR count). The van der Waals surface area contributed by atoms with E-state index in [1.165, 1.54) is 238 Å². The van der Waals surface area contributed by atoms with Gasteiger partial charge in [-0.05, 0) is 25.7 Å². The van der Waals surface area contributed by atoms with Crippen LogP contribution in [-0.2, 0) is 0 Å². The molecule has 1 atom stereocenters. The summed E-state index contributed by atoms with van der Waals surface area (Å²) in [6.45, 7) is 9.49. The standard InChI is InChI=1S/C43H86N2/c1-4-7-10-12-14-16-18-20-22-24-26-28-30-32-34-37-40-45-42-41-44(43(45)38-35-9-6-3)39-36-33-31-29-27-25-23-21-19-17-15-13-11-8-5-2/h41-43H,4-40H2,1-3H3. The molecule has 0 fully saturated rings. The summed E-state index contributed by atoms with van der Waals surface area (Å²) < 4.78 is 0. The Morgan fingerprint density at radius 2 is 0.511 bits per heavy atom. The van der Waals surface area contributed by atoms with Crippen molar-refractivity contribution < 1.29 is 0 Å². The van der Waals surface area contributed by atoms with Crippen molar-refractivity contribution in [2.24, 2.45) is 0 Å². The normalized spacial score (nSPS) is 14.8. The number of hydrogen-bond donors (Lipinski definition) is 0. The molecule has 0 aromatic rings. The van der Waals surface area contributed by atoms with Crippen LogP contribution in [0.15, 0.2) is 12.4 Å². The molecular weight excluding hydrogens is 544 g/mol. The molecule has 2 nitrogen and oxygen atoms in total. The Hall–Kier alpha value is -0.660. The molecule has 1 aliphatic heterocycles. The van der Waals surface area contributed by atoms with Crippen LogP contribution in [0.25, 0.3) is 0 Å². The summed E-state index contributed by atoms with van der Waals surface area (Å²) in [5, 5.41) is 0. The van der Waals surface area contributed by atoms with E-state index < -0.39 is 0 Å². The van der Waals surface area contributed by atoms with Crippen LogP contribution in [0.2, 0.25) is 0 Å². The Bertz CT molecular complexity index is 586. The highest BCUT2D eigenvalue weighted by atomic mass is 15.4. The predicted octanol–water partition coefficient (Wildman–Crippen LogP) is 15.1. The number of nitrogens with zero attached hydrogens (tertiary/aromatic N) is 2. The fourth-order valence-corrected chi connectivity index (χ4v) is 7.42. The molecule has 1 heterocycles. The summed E-state index contributed by atoms with van der Waals surface area (Å²) in [6.07, 6.45) is 55.9. The molecule has 0 bridgehead atoms. The van der Waals surface area contributed by atoms with Crippen LogP contribution in [0.3, 0.4) is 0 Å². The largest absolute Gasteiger partial charge is 0.356 e. The molecule has 1 aliphatic rings. The van der Waals surface area contributed by atoms with Crippen LogP contribution >= 0.6 is 0 Å². The molecule has 0 N–H and O–H groups in total. The molecule has 1 unspecified atom stereocenters. The minimum atomic E-state index is 0.638. The molecule has 45 heavy (non-hydrogen) atoms. The second kappa shape index (κ2) is 34.7. The van der Waals surface area contributed by atoms with E-state index >= 15 is 0 Å². The zero-order chi connectivity index (χ0) is 32.3. The average Bonchev–Trinajstić information content (AvgIpc) is 3.43. The lowest BCUT2D eigenvalue weighted by Crippen LogP contribution is -2.39. The lowest BCUT2D eigenvalue weighted by molar-refractivity contribution is 0.135. The Balaban J connectivity index is 2.00. The Morgan fingerprint density at radius 1 is 0.289 bits per heavy atom. The second-order valence-electron chi connectivity index (χ2n) is 15.0. The van der Waals surface area contributed by atoms with Gasteiger partial charge in [0.05, 0.1) is 0 Å². The third-order valence-corrected chi connectivity index (χ3v) is 10.6. The molecule has 0 aliphatic carbocycles. The highest BCUT2D eigenvalue weighted by molar-refractivity contribution is 4.97. The van der Waals surface area contributed by atoms with Gasteiger partial charge in [0.15, 0.2) is 0 Å². The van der Waals surface area contributed by atoms with E-state index in [1.807, 2.05) is 0 Å². The van der Waals surface area contributed by atoms with Crippen LogP contribution in [0.4, 0.5) is 0 Å². The first-order chi connectivity index (χ1) is 22.3. The third-order valence-electron chi connectivity index (χ3n) is 10.6. The van der Waals surface area contributed by atoms with Crippen LogP contribution < -0.4 is 0 Å². The summed E-state index contributed by atoms with van der Waals surface area (Å²) >= 11 is 0. The minimum absolute atomic E-state index is 0.638. The summed E-state index contributed by atoms with van der Waals surface area (Å²) in [6, 6.07) is 0. The van der Waals surface area contributed by atoms with Crippen molar-refractivity contribution in [2.75, 3.05) is 13.1 Å². The van der Waals surface area contributed by atoms with E-state index in [2.05, 4.69) is 43.0 Å². The van der Waals surface area contributed by atoms with Crippen LogP contribution in [0.1, 0.15) is 245 Å². The first-order valence-corrected chi connectivity index (χ1v) is 21.5. The van der Waals surface area contributed by atoms with Crippen molar-refractivity contribution in [1.82, 2.24) is 9.80 Å². The topological polar surface area (TPSA) is 6.48 Å². The quantitative estimate of drug-likeness (QED) is 0.0630. The molecule has 0 aromatic carbocycles. The first-order valence-electron chi connectivity index (χ1n) is 21.5. The van der Waals surface area contributed by atoms with Gasteiger partial charge in [-0.25, -0.2) is 0 Å².